The molecule has 0 saturated carbocycles. The molecule has 0 aliphatic carbocycles. The van der Waals surface area contributed by atoms with E-state index in [1.54, 1.807) is 6.92 Å². The zero-order valence-electron chi connectivity index (χ0n) is 6.73. The first-order valence-electron chi connectivity index (χ1n) is 3.72. The zero-order chi connectivity index (χ0) is 8.48. The predicted octanol–water partition coefficient (Wildman–Crippen LogP) is 0.385. The van der Waals surface area contributed by atoms with Crippen LogP contribution in [0.3, 0.4) is 0 Å². The molecule has 4 heteroatoms. The van der Waals surface area contributed by atoms with Gasteiger partial charge in [-0.15, -0.1) is 0 Å². The Balaban J connectivity index is 2.70. The Bertz CT molecular complexity index is 203. The first kappa shape index (κ1) is 8.04. The lowest BCUT2D eigenvalue weighted by Crippen LogP contribution is -2.43. The summed E-state index contributed by atoms with van der Waals surface area (Å²) < 4.78 is 0. The summed E-state index contributed by atoms with van der Waals surface area (Å²) in [6.45, 7) is 3.71. The van der Waals surface area contributed by atoms with E-state index in [4.69, 9.17) is 0 Å². The quantitative estimate of drug-likeness (QED) is 0.568. The van der Waals surface area contributed by atoms with Crippen LogP contribution >= 0.6 is 0 Å². The molecule has 0 aromatic carbocycles. The highest BCUT2D eigenvalue weighted by atomic mass is 16.2. The topological polar surface area (TPSA) is 58.2 Å². The molecule has 0 aromatic rings. The lowest BCUT2D eigenvalue weighted by molar-refractivity contribution is -0.123. The summed E-state index contributed by atoms with van der Waals surface area (Å²) in [5.74, 6) is -0.218. The lowest BCUT2D eigenvalue weighted by atomic mass is 9.97. The number of amides is 3. The van der Waals surface area contributed by atoms with Crippen molar-refractivity contribution in [2.45, 2.75) is 32.2 Å². The van der Waals surface area contributed by atoms with Crippen LogP contribution in [0.2, 0.25) is 0 Å². The van der Waals surface area contributed by atoms with Gasteiger partial charge in [0.1, 0.15) is 5.54 Å². The van der Waals surface area contributed by atoms with E-state index in [9.17, 15) is 9.59 Å². The van der Waals surface area contributed by atoms with E-state index in [-0.39, 0.29) is 11.9 Å². The molecule has 0 aromatic heterocycles. The van der Waals surface area contributed by atoms with Crippen molar-refractivity contribution in [2.75, 3.05) is 0 Å². The monoisotopic (exact) mass is 156 g/mol. The fourth-order valence-corrected chi connectivity index (χ4v) is 1.26. The van der Waals surface area contributed by atoms with E-state index in [1.165, 1.54) is 0 Å². The zero-order valence-corrected chi connectivity index (χ0v) is 6.73. The van der Waals surface area contributed by atoms with Crippen molar-refractivity contribution in [1.29, 1.82) is 0 Å². The van der Waals surface area contributed by atoms with E-state index in [0.717, 1.165) is 6.42 Å². The molecule has 1 fully saturated rings. The maximum Gasteiger partial charge on any atom is 0.322 e. The Labute approximate surface area is 65.3 Å². The van der Waals surface area contributed by atoms with Crippen molar-refractivity contribution in [3.05, 3.63) is 0 Å². The Hall–Kier alpha value is -1.06. The van der Waals surface area contributed by atoms with Crippen LogP contribution < -0.4 is 10.6 Å². The second-order valence-electron chi connectivity index (χ2n) is 2.99. The molecule has 11 heavy (non-hydrogen) atoms. The molecule has 3 amide bonds. The number of nitrogens with one attached hydrogen (secondary N) is 2. The van der Waals surface area contributed by atoms with E-state index in [2.05, 4.69) is 10.6 Å². The highest BCUT2D eigenvalue weighted by Crippen LogP contribution is 2.15. The number of carbonyl (C=O) groups excluding carboxylic acids is 2. The molecule has 4 nitrogen and oxygen atoms in total. The van der Waals surface area contributed by atoms with Crippen LogP contribution in [-0.4, -0.2) is 17.5 Å². The number of hydrogen-bond donors (Lipinski definition) is 2. The maximum absolute atomic E-state index is 11.1. The summed E-state index contributed by atoms with van der Waals surface area (Å²) in [4.78, 5) is 21.8. The Morgan fingerprint density at radius 1 is 1.45 bits per heavy atom. The van der Waals surface area contributed by atoms with Crippen LogP contribution in [-0.2, 0) is 4.79 Å². The molecule has 1 aliphatic heterocycles. The van der Waals surface area contributed by atoms with Gasteiger partial charge in [0.2, 0.25) is 0 Å². The minimum Gasteiger partial charge on any atom is -0.324 e. The minimum absolute atomic E-state index is 0.218. The van der Waals surface area contributed by atoms with Crippen molar-refractivity contribution in [3.8, 4) is 0 Å². The normalized spacial score (nSPS) is 30.0. The van der Waals surface area contributed by atoms with Gasteiger partial charge in [0.25, 0.3) is 5.91 Å². The van der Waals surface area contributed by atoms with Crippen LogP contribution in [0.15, 0.2) is 0 Å². The molecule has 2 N–H and O–H groups in total. The third-order valence-electron chi connectivity index (χ3n) is 1.87. The molecule has 1 unspecified atom stereocenters. The van der Waals surface area contributed by atoms with Crippen LogP contribution in [0, 0.1) is 0 Å². The van der Waals surface area contributed by atoms with E-state index in [0.29, 0.717) is 6.42 Å². The van der Waals surface area contributed by atoms with E-state index in [1.807, 2.05) is 6.92 Å². The van der Waals surface area contributed by atoms with Gasteiger partial charge in [0.05, 0.1) is 0 Å². The number of hydrogen-bond acceptors (Lipinski definition) is 2. The SMILES string of the molecule is CCCC1(C)NC(=O)NC1=O. The second-order valence-corrected chi connectivity index (χ2v) is 2.99. The van der Waals surface area contributed by atoms with E-state index < -0.39 is 5.54 Å². The Morgan fingerprint density at radius 3 is 2.45 bits per heavy atom. The van der Waals surface area contributed by atoms with Gasteiger partial charge in [-0.3, -0.25) is 10.1 Å². The van der Waals surface area contributed by atoms with Crippen molar-refractivity contribution >= 4 is 11.9 Å². The van der Waals surface area contributed by atoms with Crippen LogP contribution in [0.4, 0.5) is 4.79 Å². The molecule has 1 atom stereocenters. The predicted molar refractivity (Wildman–Crippen MR) is 40.0 cm³/mol. The van der Waals surface area contributed by atoms with Gasteiger partial charge in [-0.25, -0.2) is 4.79 Å². The summed E-state index contributed by atoms with van der Waals surface area (Å²) in [6, 6.07) is -0.383. The third-order valence-corrected chi connectivity index (χ3v) is 1.87. The fourth-order valence-electron chi connectivity index (χ4n) is 1.26. The highest BCUT2D eigenvalue weighted by molar-refractivity contribution is 6.06. The first-order chi connectivity index (χ1) is 5.08. The summed E-state index contributed by atoms with van der Waals surface area (Å²) in [5, 5.41) is 4.78. The summed E-state index contributed by atoms with van der Waals surface area (Å²) >= 11 is 0. The van der Waals surface area contributed by atoms with Crippen LogP contribution in [0.1, 0.15) is 26.7 Å². The minimum atomic E-state index is -0.675. The molecular formula is C7H12N2O2. The van der Waals surface area contributed by atoms with Gasteiger partial charge in [-0.2, -0.15) is 0 Å². The number of imide groups is 1. The summed E-state index contributed by atoms with van der Waals surface area (Å²) in [6.07, 6.45) is 1.56. The molecule has 1 rings (SSSR count). The largest absolute Gasteiger partial charge is 0.324 e. The Morgan fingerprint density at radius 2 is 2.09 bits per heavy atom. The molecule has 0 radical (unpaired) electrons. The lowest BCUT2D eigenvalue weighted by Gasteiger charge is -2.18. The van der Waals surface area contributed by atoms with Gasteiger partial charge >= 0.3 is 6.03 Å². The maximum atomic E-state index is 11.1. The molecule has 0 spiro atoms. The molecule has 62 valence electrons. The fraction of sp³-hybridized carbons (Fsp3) is 0.714. The van der Waals surface area contributed by atoms with Crippen LogP contribution in [0.25, 0.3) is 0 Å². The molecule has 1 heterocycles. The number of urea groups is 1. The number of rotatable bonds is 2. The standard InChI is InChI=1S/C7H12N2O2/c1-3-4-7(2)5(10)8-6(11)9-7/h3-4H2,1-2H3,(H2,8,9,10,11). The second kappa shape index (κ2) is 2.53. The van der Waals surface area contributed by atoms with Crippen molar-refractivity contribution in [3.63, 3.8) is 0 Å². The molecule has 1 aliphatic rings. The van der Waals surface area contributed by atoms with Gasteiger partial charge in [0, 0.05) is 0 Å². The van der Waals surface area contributed by atoms with Gasteiger partial charge < -0.3 is 5.32 Å². The number of carbonyl (C=O) groups is 2. The van der Waals surface area contributed by atoms with Gasteiger partial charge in [-0.05, 0) is 13.3 Å². The van der Waals surface area contributed by atoms with Gasteiger partial charge in [-0.1, -0.05) is 13.3 Å². The van der Waals surface area contributed by atoms with Crippen molar-refractivity contribution in [1.82, 2.24) is 10.6 Å². The average Bonchev–Trinajstić information content (AvgIpc) is 2.08. The van der Waals surface area contributed by atoms with Crippen molar-refractivity contribution in [2.24, 2.45) is 0 Å². The summed E-state index contributed by atoms with van der Waals surface area (Å²) in [5.41, 5.74) is -0.675. The third kappa shape index (κ3) is 1.34. The van der Waals surface area contributed by atoms with Crippen LogP contribution in [0.5, 0.6) is 0 Å². The average molecular weight is 156 g/mol. The first-order valence-corrected chi connectivity index (χ1v) is 3.72. The summed E-state index contributed by atoms with van der Waals surface area (Å²) in [7, 11) is 0. The molecule has 0 bridgehead atoms. The van der Waals surface area contributed by atoms with Gasteiger partial charge in [0.15, 0.2) is 0 Å². The smallest absolute Gasteiger partial charge is 0.322 e. The van der Waals surface area contributed by atoms with E-state index >= 15 is 0 Å². The molecule has 1 saturated heterocycles. The highest BCUT2D eigenvalue weighted by Gasteiger charge is 2.40. The Kier molecular flexibility index (Phi) is 1.85. The van der Waals surface area contributed by atoms with Crippen molar-refractivity contribution < 1.29 is 9.59 Å². The molecular weight excluding hydrogens is 144 g/mol.